The fourth-order valence-electron chi connectivity index (χ4n) is 3.14. The van der Waals surface area contributed by atoms with E-state index in [4.69, 9.17) is 14.2 Å². The van der Waals surface area contributed by atoms with Crippen molar-refractivity contribution in [2.24, 2.45) is 0 Å². The molecule has 0 bridgehead atoms. The Kier molecular flexibility index (Phi) is 5.99. The Hall–Kier alpha value is -2.78. The van der Waals surface area contributed by atoms with Gasteiger partial charge in [-0.2, -0.15) is 0 Å². The largest absolute Gasteiger partial charge is 0.495 e. The Morgan fingerprint density at radius 2 is 2.00 bits per heavy atom. The molecule has 2 aromatic carbocycles. The Labute approximate surface area is 170 Å². The third-order valence-corrected chi connectivity index (χ3v) is 5.97. The lowest BCUT2D eigenvalue weighted by Gasteiger charge is -2.14. The van der Waals surface area contributed by atoms with Crippen LogP contribution < -0.4 is 24.2 Å². The third-order valence-electron chi connectivity index (χ3n) is 4.53. The van der Waals surface area contributed by atoms with E-state index < -0.39 is 15.9 Å². The van der Waals surface area contributed by atoms with Crippen molar-refractivity contribution in [1.82, 2.24) is 4.72 Å². The highest BCUT2D eigenvalue weighted by molar-refractivity contribution is 7.89. The van der Waals surface area contributed by atoms with Crippen molar-refractivity contribution in [2.45, 2.75) is 31.3 Å². The predicted octanol–water partition coefficient (Wildman–Crippen LogP) is 2.58. The van der Waals surface area contributed by atoms with Crippen molar-refractivity contribution in [3.05, 3.63) is 41.5 Å². The summed E-state index contributed by atoms with van der Waals surface area (Å²) in [7, 11) is -1.14. The molecule has 1 atom stereocenters. The zero-order valence-electron chi connectivity index (χ0n) is 16.7. The molecule has 8 nitrogen and oxygen atoms in total. The number of carbonyl (C=O) groups is 1. The maximum atomic E-state index is 12.8. The predicted molar refractivity (Wildman–Crippen MR) is 109 cm³/mol. The van der Waals surface area contributed by atoms with E-state index in [1.807, 2.05) is 19.9 Å². The van der Waals surface area contributed by atoms with Crippen LogP contribution in [0.15, 0.2) is 35.2 Å². The molecular formula is C20H24N2O6S. The molecule has 0 aliphatic carbocycles. The van der Waals surface area contributed by atoms with Crippen LogP contribution in [-0.2, 0) is 16.4 Å². The van der Waals surface area contributed by atoms with Gasteiger partial charge in [0.05, 0.1) is 19.4 Å². The standard InChI is InChI=1S/C20H24N2O6S/c1-5-27-18-9-14-8-12(2)28-17(14)11-15(18)22-20(23)13-6-7-16(26-4)19(10-13)29(24,25)21-3/h6-7,9-12,21H,5,8H2,1-4H3,(H,22,23)/t12-/m1/s1. The average molecular weight is 420 g/mol. The Morgan fingerprint density at radius 3 is 2.66 bits per heavy atom. The molecule has 2 aromatic rings. The van der Waals surface area contributed by atoms with Gasteiger partial charge in [-0.15, -0.1) is 0 Å². The lowest BCUT2D eigenvalue weighted by molar-refractivity contribution is 0.102. The number of hydrogen-bond donors (Lipinski definition) is 2. The molecule has 0 unspecified atom stereocenters. The minimum Gasteiger partial charge on any atom is -0.495 e. The number of nitrogens with one attached hydrogen (secondary N) is 2. The number of rotatable bonds is 7. The highest BCUT2D eigenvalue weighted by Crippen LogP contribution is 2.38. The van der Waals surface area contributed by atoms with Gasteiger partial charge in [0.1, 0.15) is 28.2 Å². The lowest BCUT2D eigenvalue weighted by atomic mass is 10.1. The minimum absolute atomic E-state index is 0.0568. The maximum Gasteiger partial charge on any atom is 0.255 e. The SMILES string of the molecule is CCOc1cc2c(cc1NC(=O)c1ccc(OC)c(S(=O)(=O)NC)c1)O[C@H](C)C2. The van der Waals surface area contributed by atoms with Gasteiger partial charge in [-0.3, -0.25) is 4.79 Å². The first-order valence-electron chi connectivity index (χ1n) is 9.18. The van der Waals surface area contributed by atoms with Gasteiger partial charge >= 0.3 is 0 Å². The summed E-state index contributed by atoms with van der Waals surface area (Å²) < 4.78 is 43.3. The molecule has 1 amide bonds. The summed E-state index contributed by atoms with van der Waals surface area (Å²) in [5, 5.41) is 2.79. The zero-order valence-corrected chi connectivity index (χ0v) is 17.6. The quantitative estimate of drug-likeness (QED) is 0.714. The normalized spacial score (nSPS) is 15.4. The van der Waals surface area contributed by atoms with E-state index in [0.717, 1.165) is 12.0 Å². The summed E-state index contributed by atoms with van der Waals surface area (Å²) in [6.07, 6.45) is 0.828. The summed E-state index contributed by atoms with van der Waals surface area (Å²) in [5.74, 6) is 0.899. The van der Waals surface area contributed by atoms with E-state index in [0.29, 0.717) is 23.8 Å². The highest BCUT2D eigenvalue weighted by atomic mass is 32.2. The average Bonchev–Trinajstić information content (AvgIpc) is 3.06. The molecule has 0 saturated heterocycles. The summed E-state index contributed by atoms with van der Waals surface area (Å²) in [6.45, 7) is 4.27. The summed E-state index contributed by atoms with van der Waals surface area (Å²) in [4.78, 5) is 12.7. The maximum absolute atomic E-state index is 12.8. The molecular weight excluding hydrogens is 396 g/mol. The summed E-state index contributed by atoms with van der Waals surface area (Å²) in [6, 6.07) is 7.80. The molecule has 3 rings (SSSR count). The Balaban J connectivity index is 1.95. The van der Waals surface area contributed by atoms with Crippen LogP contribution in [0.4, 0.5) is 5.69 Å². The summed E-state index contributed by atoms with van der Waals surface area (Å²) in [5.41, 5.74) is 1.64. The van der Waals surface area contributed by atoms with E-state index >= 15 is 0 Å². The number of fused-ring (bicyclic) bond motifs is 1. The Bertz CT molecular complexity index is 1040. The van der Waals surface area contributed by atoms with E-state index in [1.54, 1.807) is 6.07 Å². The first-order valence-corrected chi connectivity index (χ1v) is 10.7. The molecule has 0 saturated carbocycles. The molecule has 0 fully saturated rings. The molecule has 156 valence electrons. The van der Waals surface area contributed by atoms with Gasteiger partial charge < -0.3 is 19.5 Å². The zero-order chi connectivity index (χ0) is 21.2. The first-order chi connectivity index (χ1) is 13.8. The smallest absolute Gasteiger partial charge is 0.255 e. The number of methoxy groups -OCH3 is 1. The van der Waals surface area contributed by atoms with E-state index in [-0.39, 0.29) is 22.3 Å². The summed E-state index contributed by atoms with van der Waals surface area (Å²) >= 11 is 0. The number of amides is 1. The molecule has 1 heterocycles. The second-order valence-electron chi connectivity index (χ2n) is 6.55. The topological polar surface area (TPSA) is 103 Å². The van der Waals surface area contributed by atoms with Crippen LogP contribution in [0.5, 0.6) is 17.2 Å². The second kappa shape index (κ2) is 8.30. The fraction of sp³-hybridized carbons (Fsp3) is 0.350. The van der Waals surface area contributed by atoms with Crippen LogP contribution >= 0.6 is 0 Å². The monoisotopic (exact) mass is 420 g/mol. The van der Waals surface area contributed by atoms with Crippen molar-refractivity contribution in [2.75, 3.05) is 26.1 Å². The van der Waals surface area contributed by atoms with Crippen molar-refractivity contribution in [3.8, 4) is 17.2 Å². The number of sulfonamides is 1. The lowest BCUT2D eigenvalue weighted by Crippen LogP contribution is -2.20. The van der Waals surface area contributed by atoms with E-state index in [9.17, 15) is 13.2 Å². The van der Waals surface area contributed by atoms with Gasteiger partial charge in [0.25, 0.3) is 5.91 Å². The number of hydrogen-bond acceptors (Lipinski definition) is 6. The number of benzene rings is 2. The van der Waals surface area contributed by atoms with Gasteiger partial charge in [-0.05, 0) is 45.2 Å². The minimum atomic E-state index is -3.80. The van der Waals surface area contributed by atoms with Crippen LogP contribution in [0, 0.1) is 0 Å². The van der Waals surface area contributed by atoms with Crippen LogP contribution in [0.25, 0.3) is 0 Å². The van der Waals surface area contributed by atoms with E-state index in [2.05, 4.69) is 10.0 Å². The molecule has 1 aliphatic rings. The first kappa shape index (κ1) is 20.9. The van der Waals surface area contributed by atoms with Gasteiger partial charge in [0, 0.05) is 23.6 Å². The van der Waals surface area contributed by atoms with Gasteiger partial charge in [0.2, 0.25) is 10.0 Å². The van der Waals surface area contributed by atoms with Gasteiger partial charge in [-0.1, -0.05) is 0 Å². The molecule has 0 aromatic heterocycles. The van der Waals surface area contributed by atoms with Gasteiger partial charge in [-0.25, -0.2) is 13.1 Å². The number of ether oxygens (including phenoxy) is 3. The number of anilines is 1. The number of carbonyl (C=O) groups excluding carboxylic acids is 1. The van der Waals surface area contributed by atoms with Crippen molar-refractivity contribution < 1.29 is 27.4 Å². The third kappa shape index (κ3) is 4.30. The van der Waals surface area contributed by atoms with Gasteiger partial charge in [0.15, 0.2) is 0 Å². The van der Waals surface area contributed by atoms with E-state index in [1.165, 1.54) is 32.4 Å². The molecule has 0 spiro atoms. The van der Waals surface area contributed by atoms with Crippen LogP contribution in [0.2, 0.25) is 0 Å². The second-order valence-corrected chi connectivity index (χ2v) is 8.40. The highest BCUT2D eigenvalue weighted by Gasteiger charge is 2.24. The van der Waals surface area contributed by atoms with Crippen LogP contribution in [0.3, 0.4) is 0 Å². The fourth-order valence-corrected chi connectivity index (χ4v) is 4.06. The van der Waals surface area contributed by atoms with Crippen LogP contribution in [-0.4, -0.2) is 41.2 Å². The molecule has 0 radical (unpaired) electrons. The van der Waals surface area contributed by atoms with Crippen molar-refractivity contribution in [3.63, 3.8) is 0 Å². The molecule has 2 N–H and O–H groups in total. The Morgan fingerprint density at radius 1 is 1.24 bits per heavy atom. The molecule has 9 heteroatoms. The van der Waals surface area contributed by atoms with Crippen LogP contribution in [0.1, 0.15) is 29.8 Å². The van der Waals surface area contributed by atoms with Crippen molar-refractivity contribution in [1.29, 1.82) is 0 Å². The van der Waals surface area contributed by atoms with Crippen molar-refractivity contribution >= 4 is 21.6 Å². The molecule has 29 heavy (non-hydrogen) atoms. The molecule has 1 aliphatic heterocycles.